The molecule has 4 nitrogen and oxygen atoms in total. The van der Waals surface area contributed by atoms with E-state index in [-0.39, 0.29) is 0 Å². The van der Waals surface area contributed by atoms with Crippen molar-refractivity contribution < 1.29 is 4.74 Å². The van der Waals surface area contributed by atoms with E-state index in [0.29, 0.717) is 5.92 Å². The number of rotatable bonds is 6. The molecule has 1 aliphatic heterocycles. The summed E-state index contributed by atoms with van der Waals surface area (Å²) in [6.07, 6.45) is 3.16. The summed E-state index contributed by atoms with van der Waals surface area (Å²) in [4.78, 5) is 2.35. The lowest BCUT2D eigenvalue weighted by Gasteiger charge is -2.31. The first-order valence-electron chi connectivity index (χ1n) is 8.14. The minimum atomic E-state index is 0.688. The summed E-state index contributed by atoms with van der Waals surface area (Å²) in [5.74, 6) is 0.688. The first-order valence-corrected chi connectivity index (χ1v) is 9.33. The zero-order chi connectivity index (χ0) is 16.1. The maximum atomic E-state index is 5.92. The number of hydrogen-bond donors (Lipinski definition) is 0. The van der Waals surface area contributed by atoms with Crippen LogP contribution in [-0.2, 0) is 11.2 Å². The summed E-state index contributed by atoms with van der Waals surface area (Å²) in [6, 6.07) is 7.93. The second-order valence-corrected chi connectivity index (χ2v) is 7.35. The number of ether oxygens (including phenoxy) is 1. The van der Waals surface area contributed by atoms with Crippen LogP contribution in [0.1, 0.15) is 30.3 Å². The first kappa shape index (κ1) is 16.7. The number of nitrogens with zero attached hydrogens (tertiary/aromatic N) is 3. The Bertz CT molecular complexity index is 609. The fraction of sp³-hybridized carbons (Fsp3) is 0.529. The molecule has 0 bridgehead atoms. The molecule has 2 aromatic rings. The molecule has 0 aliphatic carbocycles. The summed E-state index contributed by atoms with van der Waals surface area (Å²) >= 11 is 7.62. The summed E-state index contributed by atoms with van der Waals surface area (Å²) in [7, 11) is 0. The van der Waals surface area contributed by atoms with Crippen LogP contribution in [0.25, 0.3) is 0 Å². The Morgan fingerprint density at radius 2 is 1.96 bits per heavy atom. The normalized spacial score (nSPS) is 16.0. The van der Waals surface area contributed by atoms with Crippen LogP contribution >= 0.6 is 22.9 Å². The van der Waals surface area contributed by atoms with Gasteiger partial charge < -0.3 is 9.64 Å². The van der Waals surface area contributed by atoms with E-state index in [4.69, 9.17) is 16.3 Å². The van der Waals surface area contributed by atoms with Crippen LogP contribution in [-0.4, -0.2) is 36.5 Å². The van der Waals surface area contributed by atoms with Gasteiger partial charge in [-0.25, -0.2) is 0 Å². The van der Waals surface area contributed by atoms with E-state index in [9.17, 15) is 0 Å². The molecule has 0 amide bonds. The second-order valence-electron chi connectivity index (χ2n) is 5.87. The Labute approximate surface area is 146 Å². The standard InChI is InChI=1S/C17H22ClN3OS/c1-2-22-12-14-7-9-21(10-8-14)17-20-19-16(23-17)11-13-3-5-15(18)6-4-13/h3-6,14H,2,7-12H2,1H3. The second kappa shape index (κ2) is 8.08. The van der Waals surface area contributed by atoms with Crippen molar-refractivity contribution >= 4 is 28.1 Å². The van der Waals surface area contributed by atoms with E-state index in [2.05, 4.69) is 22.0 Å². The Balaban J connectivity index is 1.54. The molecular weight excluding hydrogens is 330 g/mol. The Morgan fingerprint density at radius 1 is 1.22 bits per heavy atom. The fourth-order valence-corrected chi connectivity index (χ4v) is 3.85. The summed E-state index contributed by atoms with van der Waals surface area (Å²) < 4.78 is 5.54. The van der Waals surface area contributed by atoms with Gasteiger partial charge in [0, 0.05) is 37.7 Å². The van der Waals surface area contributed by atoms with Crippen LogP contribution < -0.4 is 4.90 Å². The van der Waals surface area contributed by atoms with Crippen LogP contribution in [0, 0.1) is 5.92 Å². The molecule has 0 unspecified atom stereocenters. The maximum absolute atomic E-state index is 5.92. The third-order valence-corrected chi connectivity index (χ3v) is 5.40. The molecule has 23 heavy (non-hydrogen) atoms. The highest BCUT2D eigenvalue weighted by Crippen LogP contribution is 2.27. The lowest BCUT2D eigenvalue weighted by atomic mass is 9.98. The molecule has 0 atom stereocenters. The van der Waals surface area contributed by atoms with Gasteiger partial charge in [-0.2, -0.15) is 0 Å². The molecular formula is C17H22ClN3OS. The summed E-state index contributed by atoms with van der Waals surface area (Å²) in [5, 5.41) is 11.6. The number of piperidine rings is 1. The molecule has 0 radical (unpaired) electrons. The molecule has 0 saturated carbocycles. The van der Waals surface area contributed by atoms with Crippen LogP contribution in [0.3, 0.4) is 0 Å². The van der Waals surface area contributed by atoms with Crippen LogP contribution in [0.15, 0.2) is 24.3 Å². The van der Waals surface area contributed by atoms with Gasteiger partial charge in [0.05, 0.1) is 0 Å². The van der Waals surface area contributed by atoms with E-state index in [1.54, 1.807) is 11.3 Å². The number of benzene rings is 1. The number of hydrogen-bond acceptors (Lipinski definition) is 5. The predicted octanol–water partition coefficient (Wildman–Crippen LogP) is 4.04. The van der Waals surface area contributed by atoms with Gasteiger partial charge in [-0.3, -0.25) is 0 Å². The van der Waals surface area contributed by atoms with Crippen molar-refractivity contribution in [3.63, 3.8) is 0 Å². The molecule has 6 heteroatoms. The van der Waals surface area contributed by atoms with Gasteiger partial charge in [-0.1, -0.05) is 35.1 Å². The zero-order valence-electron chi connectivity index (χ0n) is 13.4. The molecule has 0 N–H and O–H groups in total. The molecule has 1 aromatic heterocycles. The van der Waals surface area contributed by atoms with Crippen molar-refractivity contribution in [1.29, 1.82) is 0 Å². The Hall–Kier alpha value is -1.17. The Kier molecular flexibility index (Phi) is 5.86. The van der Waals surface area contributed by atoms with Gasteiger partial charge in [0.1, 0.15) is 5.01 Å². The van der Waals surface area contributed by atoms with E-state index >= 15 is 0 Å². The average Bonchev–Trinajstić information content (AvgIpc) is 3.04. The molecule has 3 rings (SSSR count). The minimum Gasteiger partial charge on any atom is -0.381 e. The molecule has 124 valence electrons. The first-order chi connectivity index (χ1) is 11.2. The minimum absolute atomic E-state index is 0.688. The Morgan fingerprint density at radius 3 is 2.65 bits per heavy atom. The summed E-state index contributed by atoms with van der Waals surface area (Å²) in [6.45, 7) is 5.85. The van der Waals surface area contributed by atoms with Gasteiger partial charge in [0.2, 0.25) is 5.13 Å². The van der Waals surface area contributed by atoms with Crippen LogP contribution in [0.5, 0.6) is 0 Å². The maximum Gasteiger partial charge on any atom is 0.208 e. The molecule has 0 spiro atoms. The average molecular weight is 352 g/mol. The molecule has 1 aliphatic rings. The van der Waals surface area contributed by atoms with Crippen molar-refractivity contribution in [1.82, 2.24) is 10.2 Å². The van der Waals surface area contributed by atoms with E-state index in [1.165, 1.54) is 18.4 Å². The molecule has 1 fully saturated rings. The third kappa shape index (κ3) is 4.66. The van der Waals surface area contributed by atoms with Crippen molar-refractivity contribution in [3.8, 4) is 0 Å². The number of anilines is 1. The van der Waals surface area contributed by atoms with Gasteiger partial charge in [-0.05, 0) is 43.4 Å². The number of halogens is 1. The van der Waals surface area contributed by atoms with Gasteiger partial charge in [0.25, 0.3) is 0 Å². The summed E-state index contributed by atoms with van der Waals surface area (Å²) in [5.41, 5.74) is 1.22. The monoisotopic (exact) mass is 351 g/mol. The highest BCUT2D eigenvalue weighted by atomic mass is 35.5. The predicted molar refractivity (Wildman–Crippen MR) is 95.6 cm³/mol. The molecule has 1 aromatic carbocycles. The quantitative estimate of drug-likeness (QED) is 0.787. The van der Waals surface area contributed by atoms with E-state index in [0.717, 1.165) is 47.9 Å². The fourth-order valence-electron chi connectivity index (χ4n) is 2.80. The highest BCUT2D eigenvalue weighted by Gasteiger charge is 2.21. The number of aromatic nitrogens is 2. The topological polar surface area (TPSA) is 38.2 Å². The lowest BCUT2D eigenvalue weighted by molar-refractivity contribution is 0.100. The largest absolute Gasteiger partial charge is 0.381 e. The van der Waals surface area contributed by atoms with Crippen LogP contribution in [0.4, 0.5) is 5.13 Å². The van der Waals surface area contributed by atoms with Crippen molar-refractivity contribution in [2.45, 2.75) is 26.2 Å². The lowest BCUT2D eigenvalue weighted by Crippen LogP contribution is -2.35. The molecule has 1 saturated heterocycles. The van der Waals surface area contributed by atoms with Crippen LogP contribution in [0.2, 0.25) is 5.02 Å². The highest BCUT2D eigenvalue weighted by molar-refractivity contribution is 7.15. The molecule has 2 heterocycles. The van der Waals surface area contributed by atoms with E-state index in [1.807, 2.05) is 24.3 Å². The van der Waals surface area contributed by atoms with Gasteiger partial charge >= 0.3 is 0 Å². The van der Waals surface area contributed by atoms with Crippen molar-refractivity contribution in [3.05, 3.63) is 39.9 Å². The van der Waals surface area contributed by atoms with Gasteiger partial charge in [0.15, 0.2) is 0 Å². The van der Waals surface area contributed by atoms with Crippen molar-refractivity contribution in [2.75, 3.05) is 31.2 Å². The smallest absolute Gasteiger partial charge is 0.208 e. The SMILES string of the molecule is CCOCC1CCN(c2nnc(Cc3ccc(Cl)cc3)s2)CC1. The zero-order valence-corrected chi connectivity index (χ0v) is 14.9. The van der Waals surface area contributed by atoms with E-state index < -0.39 is 0 Å². The van der Waals surface area contributed by atoms with Gasteiger partial charge in [-0.15, -0.1) is 10.2 Å². The van der Waals surface area contributed by atoms with Crippen molar-refractivity contribution in [2.24, 2.45) is 5.92 Å². The third-order valence-electron chi connectivity index (χ3n) is 4.17.